The van der Waals surface area contributed by atoms with Crippen molar-refractivity contribution in [1.82, 2.24) is 19.7 Å². The molecular formula is C19H14FN7. The molecule has 0 amide bonds. The van der Waals surface area contributed by atoms with Gasteiger partial charge >= 0.3 is 0 Å². The summed E-state index contributed by atoms with van der Waals surface area (Å²) in [7, 11) is 0. The standard InChI is InChI=1S/C19H14FN7/c20-16-7-14(22)5-4-13(16)10-27-18-15(9-24-27)17(25-19(23)26-18)12-3-1-2-11(6-12)8-21/h1-7,9H,10,22H2,(H2,23,25,26). The average molecular weight is 359 g/mol. The molecule has 2 heterocycles. The van der Waals surface area contributed by atoms with E-state index in [9.17, 15) is 4.39 Å². The zero-order chi connectivity index (χ0) is 19.0. The first-order valence-electron chi connectivity index (χ1n) is 8.08. The molecule has 4 aromatic rings. The van der Waals surface area contributed by atoms with Crippen molar-refractivity contribution < 1.29 is 4.39 Å². The Morgan fingerprint density at radius 1 is 1.11 bits per heavy atom. The van der Waals surface area contributed by atoms with Crippen LogP contribution in [0, 0.1) is 17.1 Å². The predicted molar refractivity (Wildman–Crippen MR) is 99.8 cm³/mol. The van der Waals surface area contributed by atoms with Crippen LogP contribution in [0.5, 0.6) is 0 Å². The molecule has 4 N–H and O–H groups in total. The Balaban J connectivity index is 1.84. The molecule has 0 atom stereocenters. The van der Waals surface area contributed by atoms with Crippen molar-refractivity contribution in [1.29, 1.82) is 5.26 Å². The second-order valence-corrected chi connectivity index (χ2v) is 6.01. The highest BCUT2D eigenvalue weighted by molar-refractivity contribution is 5.91. The van der Waals surface area contributed by atoms with E-state index in [2.05, 4.69) is 21.1 Å². The van der Waals surface area contributed by atoms with Crippen LogP contribution < -0.4 is 11.5 Å². The Labute approximate surface area is 153 Å². The van der Waals surface area contributed by atoms with Gasteiger partial charge in [0.1, 0.15) is 5.82 Å². The molecule has 7 nitrogen and oxygen atoms in total. The van der Waals surface area contributed by atoms with Crippen molar-refractivity contribution in [3.05, 3.63) is 65.6 Å². The van der Waals surface area contributed by atoms with E-state index < -0.39 is 5.82 Å². The van der Waals surface area contributed by atoms with Gasteiger partial charge in [0.25, 0.3) is 0 Å². The molecule has 4 rings (SSSR count). The van der Waals surface area contributed by atoms with E-state index >= 15 is 0 Å². The number of nitrogens with two attached hydrogens (primary N) is 2. The molecule has 0 saturated carbocycles. The Hall–Kier alpha value is -3.99. The van der Waals surface area contributed by atoms with Crippen LogP contribution in [-0.2, 0) is 6.54 Å². The highest BCUT2D eigenvalue weighted by Crippen LogP contribution is 2.28. The van der Waals surface area contributed by atoms with Crippen LogP contribution in [0.25, 0.3) is 22.3 Å². The maximum atomic E-state index is 14.1. The Bertz CT molecular complexity index is 1210. The fraction of sp³-hybridized carbons (Fsp3) is 0.0526. The van der Waals surface area contributed by atoms with Crippen LogP contribution >= 0.6 is 0 Å². The minimum atomic E-state index is -0.414. The van der Waals surface area contributed by atoms with Gasteiger partial charge in [-0.2, -0.15) is 15.3 Å². The molecule has 2 aromatic carbocycles. The highest BCUT2D eigenvalue weighted by atomic mass is 19.1. The molecule has 0 radical (unpaired) electrons. The van der Waals surface area contributed by atoms with E-state index in [4.69, 9.17) is 16.7 Å². The fourth-order valence-corrected chi connectivity index (χ4v) is 2.90. The summed E-state index contributed by atoms with van der Waals surface area (Å²) in [5.41, 5.74) is 14.6. The van der Waals surface area contributed by atoms with Gasteiger partial charge in [-0.25, -0.2) is 14.1 Å². The molecule has 132 valence electrons. The maximum Gasteiger partial charge on any atom is 0.222 e. The molecule has 0 aliphatic rings. The van der Waals surface area contributed by atoms with Crippen LogP contribution in [0.1, 0.15) is 11.1 Å². The summed E-state index contributed by atoms with van der Waals surface area (Å²) in [5, 5.41) is 14.1. The minimum absolute atomic E-state index is 0.0689. The number of rotatable bonds is 3. The van der Waals surface area contributed by atoms with Crippen LogP contribution in [-0.4, -0.2) is 19.7 Å². The maximum absolute atomic E-state index is 14.1. The first-order valence-corrected chi connectivity index (χ1v) is 8.08. The third-order valence-electron chi connectivity index (χ3n) is 4.18. The molecular weight excluding hydrogens is 345 g/mol. The monoisotopic (exact) mass is 359 g/mol. The highest BCUT2D eigenvalue weighted by Gasteiger charge is 2.15. The summed E-state index contributed by atoms with van der Waals surface area (Å²) in [6, 6.07) is 13.6. The third-order valence-corrected chi connectivity index (χ3v) is 4.18. The van der Waals surface area contributed by atoms with E-state index in [0.717, 1.165) is 5.56 Å². The van der Waals surface area contributed by atoms with E-state index in [1.54, 1.807) is 41.2 Å². The lowest BCUT2D eigenvalue weighted by molar-refractivity contribution is 0.590. The summed E-state index contributed by atoms with van der Waals surface area (Å²) in [6.07, 6.45) is 1.61. The van der Waals surface area contributed by atoms with E-state index in [-0.39, 0.29) is 12.5 Å². The molecule has 0 aliphatic heterocycles. The van der Waals surface area contributed by atoms with Gasteiger partial charge in [-0.1, -0.05) is 18.2 Å². The van der Waals surface area contributed by atoms with Gasteiger partial charge in [-0.05, 0) is 24.3 Å². The third kappa shape index (κ3) is 3.02. The van der Waals surface area contributed by atoms with E-state index in [0.29, 0.717) is 33.5 Å². The normalized spacial score (nSPS) is 10.8. The van der Waals surface area contributed by atoms with Gasteiger partial charge in [-0.3, -0.25) is 0 Å². The summed E-state index contributed by atoms with van der Waals surface area (Å²) in [6.45, 7) is 0.170. The van der Waals surface area contributed by atoms with Gasteiger partial charge < -0.3 is 11.5 Å². The van der Waals surface area contributed by atoms with E-state index in [1.165, 1.54) is 6.07 Å². The summed E-state index contributed by atoms with van der Waals surface area (Å²) < 4.78 is 15.7. The molecule has 0 aliphatic carbocycles. The van der Waals surface area contributed by atoms with Crippen molar-refractivity contribution in [2.24, 2.45) is 0 Å². The number of fused-ring (bicyclic) bond motifs is 1. The molecule has 8 heteroatoms. The molecule has 0 bridgehead atoms. The smallest absolute Gasteiger partial charge is 0.222 e. The summed E-state index contributed by atoms with van der Waals surface area (Å²) in [4.78, 5) is 8.57. The summed E-state index contributed by atoms with van der Waals surface area (Å²) >= 11 is 0. The van der Waals surface area contributed by atoms with E-state index in [1.807, 2.05) is 6.07 Å². The van der Waals surface area contributed by atoms with Crippen LogP contribution in [0.4, 0.5) is 16.0 Å². The average Bonchev–Trinajstić information content (AvgIpc) is 3.06. The molecule has 2 aromatic heterocycles. The van der Waals surface area contributed by atoms with Crippen molar-refractivity contribution in [2.75, 3.05) is 11.5 Å². The minimum Gasteiger partial charge on any atom is -0.399 e. The lowest BCUT2D eigenvalue weighted by Gasteiger charge is -2.08. The summed E-state index contributed by atoms with van der Waals surface area (Å²) in [5.74, 6) is -0.345. The topological polar surface area (TPSA) is 119 Å². The zero-order valence-corrected chi connectivity index (χ0v) is 14.1. The Kier molecular flexibility index (Phi) is 3.90. The number of nitrogens with zero attached hydrogens (tertiary/aromatic N) is 5. The molecule has 0 unspecified atom stereocenters. The number of anilines is 2. The number of aromatic nitrogens is 4. The van der Waals surface area contributed by atoms with Crippen molar-refractivity contribution in [3.8, 4) is 17.3 Å². The van der Waals surface area contributed by atoms with Gasteiger partial charge in [0.05, 0.1) is 35.5 Å². The number of nitriles is 1. The predicted octanol–water partition coefficient (Wildman–Crippen LogP) is 2.72. The van der Waals surface area contributed by atoms with Crippen molar-refractivity contribution >= 4 is 22.7 Å². The first kappa shape index (κ1) is 16.5. The molecule has 0 saturated heterocycles. The van der Waals surface area contributed by atoms with Crippen LogP contribution in [0.2, 0.25) is 0 Å². The lowest BCUT2D eigenvalue weighted by Crippen LogP contribution is -2.06. The molecule has 0 fully saturated rings. The van der Waals surface area contributed by atoms with Crippen LogP contribution in [0.3, 0.4) is 0 Å². The molecule has 27 heavy (non-hydrogen) atoms. The van der Waals surface area contributed by atoms with Gasteiger partial charge in [0.15, 0.2) is 5.65 Å². The SMILES string of the molecule is N#Cc1cccc(-c2nc(N)nc3c2cnn3Cc2ccc(N)cc2F)c1. The zero-order valence-electron chi connectivity index (χ0n) is 14.1. The second-order valence-electron chi connectivity index (χ2n) is 6.01. The fourth-order valence-electron chi connectivity index (χ4n) is 2.90. The number of benzene rings is 2. The Morgan fingerprint density at radius 3 is 2.74 bits per heavy atom. The van der Waals surface area contributed by atoms with Crippen molar-refractivity contribution in [2.45, 2.75) is 6.54 Å². The van der Waals surface area contributed by atoms with Gasteiger partial charge in [0.2, 0.25) is 5.95 Å². The number of nitrogen functional groups attached to an aromatic ring is 2. The number of halogens is 1. The number of hydrogen-bond donors (Lipinski definition) is 2. The number of hydrogen-bond acceptors (Lipinski definition) is 6. The van der Waals surface area contributed by atoms with Gasteiger partial charge in [0, 0.05) is 16.8 Å². The van der Waals surface area contributed by atoms with Gasteiger partial charge in [-0.15, -0.1) is 0 Å². The molecule has 0 spiro atoms. The lowest BCUT2D eigenvalue weighted by atomic mass is 10.1. The first-order chi connectivity index (χ1) is 13.0. The second kappa shape index (κ2) is 6.38. The van der Waals surface area contributed by atoms with Crippen molar-refractivity contribution in [3.63, 3.8) is 0 Å². The Morgan fingerprint density at radius 2 is 1.96 bits per heavy atom. The van der Waals surface area contributed by atoms with Crippen LogP contribution in [0.15, 0.2) is 48.7 Å². The largest absolute Gasteiger partial charge is 0.399 e. The quantitative estimate of drug-likeness (QED) is 0.543.